The highest BCUT2D eigenvalue weighted by atomic mass is 35.5. The van der Waals surface area contributed by atoms with Gasteiger partial charge in [0.1, 0.15) is 12.7 Å². The Labute approximate surface area is 156 Å². The lowest BCUT2D eigenvalue weighted by Gasteiger charge is -2.36. The average Bonchev–Trinajstić information content (AvgIpc) is 3.23. The monoisotopic (exact) mass is 367 g/mol. The van der Waals surface area contributed by atoms with Crippen LogP contribution in [0.15, 0.2) is 61.2 Å². The number of carbonyl (C=O) groups excluding carboxylic acids is 1. The number of benzene rings is 2. The van der Waals surface area contributed by atoms with Crippen LogP contribution < -0.4 is 4.90 Å². The largest absolute Gasteiger partial charge is 0.367 e. The minimum Gasteiger partial charge on any atom is -0.367 e. The van der Waals surface area contributed by atoms with E-state index >= 15 is 0 Å². The first-order chi connectivity index (χ1) is 12.7. The van der Waals surface area contributed by atoms with Crippen LogP contribution in [0.25, 0.3) is 5.69 Å². The summed E-state index contributed by atoms with van der Waals surface area (Å²) in [6.45, 7) is 2.89. The van der Waals surface area contributed by atoms with Crippen LogP contribution in [-0.4, -0.2) is 51.8 Å². The van der Waals surface area contributed by atoms with E-state index in [0.29, 0.717) is 18.7 Å². The molecule has 1 aliphatic heterocycles. The summed E-state index contributed by atoms with van der Waals surface area (Å²) in [5.41, 5.74) is 2.58. The highest BCUT2D eigenvalue weighted by Gasteiger charge is 2.23. The van der Waals surface area contributed by atoms with Crippen LogP contribution in [0.4, 0.5) is 5.69 Å². The van der Waals surface area contributed by atoms with Crippen molar-refractivity contribution in [2.75, 3.05) is 31.1 Å². The number of aromatic nitrogens is 3. The maximum Gasteiger partial charge on any atom is 0.253 e. The fraction of sp³-hybridized carbons (Fsp3) is 0.211. The van der Waals surface area contributed by atoms with Gasteiger partial charge in [0.15, 0.2) is 0 Å². The number of rotatable bonds is 3. The van der Waals surface area contributed by atoms with Crippen LogP contribution in [0.2, 0.25) is 5.02 Å². The second kappa shape index (κ2) is 7.17. The van der Waals surface area contributed by atoms with Gasteiger partial charge in [0.25, 0.3) is 5.91 Å². The molecule has 0 unspecified atom stereocenters. The van der Waals surface area contributed by atoms with E-state index in [9.17, 15) is 4.79 Å². The minimum atomic E-state index is 0.0500. The number of hydrogen-bond donors (Lipinski definition) is 0. The maximum atomic E-state index is 12.8. The molecule has 7 heteroatoms. The second-order valence-corrected chi connectivity index (χ2v) is 6.52. The van der Waals surface area contributed by atoms with Gasteiger partial charge in [0.05, 0.1) is 16.4 Å². The third kappa shape index (κ3) is 3.28. The van der Waals surface area contributed by atoms with Crippen LogP contribution in [0, 0.1) is 0 Å². The lowest BCUT2D eigenvalue weighted by Crippen LogP contribution is -2.48. The van der Waals surface area contributed by atoms with E-state index < -0.39 is 0 Å². The van der Waals surface area contributed by atoms with Crippen molar-refractivity contribution >= 4 is 23.2 Å². The van der Waals surface area contributed by atoms with Crippen molar-refractivity contribution in [2.24, 2.45) is 0 Å². The van der Waals surface area contributed by atoms with Gasteiger partial charge in [-0.25, -0.2) is 9.67 Å². The Balaban J connectivity index is 1.41. The molecular weight excluding hydrogens is 350 g/mol. The first kappa shape index (κ1) is 16.6. The van der Waals surface area contributed by atoms with Gasteiger partial charge in [-0.2, -0.15) is 5.10 Å². The molecule has 132 valence electrons. The van der Waals surface area contributed by atoms with E-state index in [-0.39, 0.29) is 5.91 Å². The van der Waals surface area contributed by atoms with Gasteiger partial charge < -0.3 is 9.80 Å². The molecule has 1 aliphatic rings. The molecule has 0 atom stereocenters. The standard InChI is InChI=1S/C19H18ClN5O/c20-17-3-1-2-4-18(17)23-9-11-24(12-10-23)19(26)15-5-7-16(8-6-15)25-14-21-13-22-25/h1-8,13-14H,9-12H2. The van der Waals surface area contributed by atoms with Gasteiger partial charge in [-0.1, -0.05) is 23.7 Å². The van der Waals surface area contributed by atoms with Crippen LogP contribution in [0.3, 0.4) is 0 Å². The zero-order valence-electron chi connectivity index (χ0n) is 14.1. The van der Waals surface area contributed by atoms with Gasteiger partial charge in [-0.05, 0) is 36.4 Å². The molecule has 0 bridgehead atoms. The summed E-state index contributed by atoms with van der Waals surface area (Å²) in [4.78, 5) is 20.8. The van der Waals surface area contributed by atoms with Gasteiger partial charge >= 0.3 is 0 Å². The lowest BCUT2D eigenvalue weighted by atomic mass is 10.1. The molecule has 1 amide bonds. The Kier molecular flexibility index (Phi) is 4.58. The zero-order chi connectivity index (χ0) is 17.9. The first-order valence-corrected chi connectivity index (χ1v) is 8.84. The zero-order valence-corrected chi connectivity index (χ0v) is 14.9. The molecule has 0 aliphatic carbocycles. The van der Waals surface area contributed by atoms with Crippen molar-refractivity contribution in [3.63, 3.8) is 0 Å². The van der Waals surface area contributed by atoms with Crippen molar-refractivity contribution in [3.05, 3.63) is 71.8 Å². The van der Waals surface area contributed by atoms with Crippen LogP contribution in [0.1, 0.15) is 10.4 Å². The quantitative estimate of drug-likeness (QED) is 0.714. The van der Waals surface area contributed by atoms with Crippen molar-refractivity contribution in [3.8, 4) is 5.69 Å². The smallest absolute Gasteiger partial charge is 0.253 e. The third-order valence-corrected chi connectivity index (χ3v) is 4.88. The minimum absolute atomic E-state index is 0.0500. The number of para-hydroxylation sites is 1. The van der Waals surface area contributed by atoms with Crippen molar-refractivity contribution in [2.45, 2.75) is 0 Å². The topological polar surface area (TPSA) is 54.3 Å². The summed E-state index contributed by atoms with van der Waals surface area (Å²) in [5, 5.41) is 4.84. The van der Waals surface area contributed by atoms with Gasteiger partial charge in [-0.15, -0.1) is 0 Å². The highest BCUT2D eigenvalue weighted by Crippen LogP contribution is 2.26. The predicted octanol–water partition coefficient (Wildman–Crippen LogP) is 2.88. The van der Waals surface area contributed by atoms with Crippen molar-refractivity contribution in [1.82, 2.24) is 19.7 Å². The molecule has 0 radical (unpaired) electrons. The average molecular weight is 368 g/mol. The van der Waals surface area contributed by atoms with E-state index in [4.69, 9.17) is 11.6 Å². The molecule has 1 fully saturated rings. The predicted molar refractivity (Wildman–Crippen MR) is 101 cm³/mol. The van der Waals surface area contributed by atoms with E-state index in [1.807, 2.05) is 53.4 Å². The molecule has 4 rings (SSSR count). The Morgan fingerprint density at radius 2 is 1.69 bits per heavy atom. The van der Waals surface area contributed by atoms with Crippen molar-refractivity contribution < 1.29 is 4.79 Å². The molecule has 2 aromatic carbocycles. The Bertz CT molecular complexity index is 887. The molecule has 6 nitrogen and oxygen atoms in total. The Morgan fingerprint density at radius 1 is 0.962 bits per heavy atom. The van der Waals surface area contributed by atoms with E-state index in [2.05, 4.69) is 15.0 Å². The number of carbonyl (C=O) groups is 1. The summed E-state index contributed by atoms with van der Waals surface area (Å²) in [6.07, 6.45) is 3.11. The molecule has 1 aromatic heterocycles. The number of amides is 1. The number of nitrogens with zero attached hydrogens (tertiary/aromatic N) is 5. The van der Waals surface area contributed by atoms with Gasteiger partial charge in [-0.3, -0.25) is 4.79 Å². The summed E-state index contributed by atoms with van der Waals surface area (Å²) in [5.74, 6) is 0.0500. The van der Waals surface area contributed by atoms with Gasteiger partial charge in [0.2, 0.25) is 0 Å². The van der Waals surface area contributed by atoms with Crippen LogP contribution >= 0.6 is 11.6 Å². The fourth-order valence-electron chi connectivity index (χ4n) is 3.14. The molecule has 0 saturated carbocycles. The summed E-state index contributed by atoms with van der Waals surface area (Å²) in [6, 6.07) is 15.2. The van der Waals surface area contributed by atoms with E-state index in [1.54, 1.807) is 11.0 Å². The molecule has 2 heterocycles. The fourth-order valence-corrected chi connectivity index (χ4v) is 3.39. The van der Waals surface area contributed by atoms with Crippen LogP contribution in [0.5, 0.6) is 0 Å². The van der Waals surface area contributed by atoms with Gasteiger partial charge in [0, 0.05) is 31.7 Å². The SMILES string of the molecule is O=C(c1ccc(-n2cncn2)cc1)N1CCN(c2ccccc2Cl)CC1. The summed E-state index contributed by atoms with van der Waals surface area (Å²) >= 11 is 6.28. The third-order valence-electron chi connectivity index (χ3n) is 4.56. The number of halogens is 1. The highest BCUT2D eigenvalue weighted by molar-refractivity contribution is 6.33. The normalized spacial score (nSPS) is 14.5. The number of anilines is 1. The second-order valence-electron chi connectivity index (χ2n) is 6.12. The Morgan fingerprint density at radius 3 is 2.35 bits per heavy atom. The Hall–Kier alpha value is -2.86. The maximum absolute atomic E-state index is 12.8. The van der Waals surface area contributed by atoms with Crippen molar-refractivity contribution in [1.29, 1.82) is 0 Å². The van der Waals surface area contributed by atoms with E-state index in [0.717, 1.165) is 29.5 Å². The molecule has 3 aromatic rings. The molecule has 0 spiro atoms. The lowest BCUT2D eigenvalue weighted by molar-refractivity contribution is 0.0747. The number of piperazine rings is 1. The van der Waals surface area contributed by atoms with Crippen LogP contribution in [-0.2, 0) is 0 Å². The molecule has 0 N–H and O–H groups in total. The molecule has 1 saturated heterocycles. The number of hydrogen-bond acceptors (Lipinski definition) is 4. The van der Waals surface area contributed by atoms with E-state index in [1.165, 1.54) is 6.33 Å². The molecular formula is C19H18ClN5O. The molecule has 26 heavy (non-hydrogen) atoms. The first-order valence-electron chi connectivity index (χ1n) is 8.46. The summed E-state index contributed by atoms with van der Waals surface area (Å²) in [7, 11) is 0. The summed E-state index contributed by atoms with van der Waals surface area (Å²) < 4.78 is 1.66.